The Bertz CT molecular complexity index is 1670. The first-order chi connectivity index (χ1) is 21.5. The fraction of sp³-hybridized carbons (Fsp3) is 0.265. The van der Waals surface area contributed by atoms with Gasteiger partial charge in [-0.1, -0.05) is 36.4 Å². The average Bonchev–Trinajstić information content (AvgIpc) is 3.66. The highest BCUT2D eigenvalue weighted by molar-refractivity contribution is 6.46. The molecule has 6 rings (SSSR count). The number of rotatable bonds is 11. The summed E-state index contributed by atoms with van der Waals surface area (Å²) < 4.78 is 25.3. The van der Waals surface area contributed by atoms with Gasteiger partial charge in [-0.05, 0) is 54.8 Å². The molecule has 0 aliphatic carbocycles. The Labute approximate surface area is 255 Å². The van der Waals surface area contributed by atoms with Gasteiger partial charge in [0.1, 0.15) is 25.6 Å². The Hall–Kier alpha value is -5.25. The minimum Gasteiger partial charge on any atom is -0.507 e. The molecule has 0 spiro atoms. The van der Waals surface area contributed by atoms with Gasteiger partial charge < -0.3 is 33.5 Å². The average molecular weight is 596 g/mol. The molecule has 1 N–H and O–H groups in total. The maximum Gasteiger partial charge on any atom is 0.295 e. The van der Waals surface area contributed by atoms with Crippen LogP contribution in [-0.2, 0) is 22.7 Å². The van der Waals surface area contributed by atoms with Crippen molar-refractivity contribution in [1.29, 1.82) is 0 Å². The summed E-state index contributed by atoms with van der Waals surface area (Å²) in [6, 6.07) is 19.3. The third-order valence-electron chi connectivity index (χ3n) is 7.55. The van der Waals surface area contributed by atoms with Crippen LogP contribution in [0.1, 0.15) is 36.1 Å². The minimum absolute atomic E-state index is 0.00490. The van der Waals surface area contributed by atoms with Crippen molar-refractivity contribution in [1.82, 2.24) is 14.5 Å². The van der Waals surface area contributed by atoms with Crippen molar-refractivity contribution in [2.24, 2.45) is 0 Å². The lowest BCUT2D eigenvalue weighted by Gasteiger charge is -2.26. The summed E-state index contributed by atoms with van der Waals surface area (Å²) >= 11 is 0. The van der Waals surface area contributed by atoms with Crippen molar-refractivity contribution in [3.8, 4) is 23.0 Å². The van der Waals surface area contributed by atoms with E-state index in [-0.39, 0.29) is 17.9 Å². The summed E-state index contributed by atoms with van der Waals surface area (Å²) in [4.78, 5) is 32.7. The number of ketones is 1. The molecule has 1 saturated heterocycles. The number of amides is 1. The second-order valence-corrected chi connectivity index (χ2v) is 10.4. The van der Waals surface area contributed by atoms with Crippen LogP contribution in [0.25, 0.3) is 5.76 Å². The van der Waals surface area contributed by atoms with E-state index in [2.05, 4.69) is 4.98 Å². The maximum atomic E-state index is 13.6. The fourth-order valence-corrected chi connectivity index (χ4v) is 5.46. The van der Waals surface area contributed by atoms with Gasteiger partial charge in [0.15, 0.2) is 23.0 Å². The van der Waals surface area contributed by atoms with Gasteiger partial charge >= 0.3 is 0 Å². The standard InChI is InChI=1S/C34H33N3O7/c1-2-41-28-19-24(9-11-27(28)44-21-23-7-4-3-5-8-23)31-30(32(38)25-10-12-26-29(20-25)43-18-17-42-26)33(39)34(40)37(31)15-6-14-36-16-13-35-22-36/h3-5,7-13,16,19-20,22,31,38H,2,6,14-15,17-18,21H2,1H3/b32-30+. The smallest absolute Gasteiger partial charge is 0.295 e. The number of benzene rings is 3. The van der Waals surface area contributed by atoms with Crippen LogP contribution in [0.5, 0.6) is 23.0 Å². The molecule has 10 heteroatoms. The van der Waals surface area contributed by atoms with Crippen LogP contribution in [0, 0.1) is 0 Å². The molecular formula is C34H33N3O7. The number of Topliss-reactive ketones (excluding diaryl/α,β-unsaturated/α-hetero) is 1. The second-order valence-electron chi connectivity index (χ2n) is 10.4. The maximum absolute atomic E-state index is 13.6. The Balaban J connectivity index is 1.37. The summed E-state index contributed by atoms with van der Waals surface area (Å²) in [6.07, 6.45) is 5.81. The number of carbonyl (C=O) groups is 2. The highest BCUT2D eigenvalue weighted by Crippen LogP contribution is 2.43. The monoisotopic (exact) mass is 595 g/mol. The van der Waals surface area contributed by atoms with Gasteiger partial charge in [-0.2, -0.15) is 0 Å². The van der Waals surface area contributed by atoms with Crippen molar-refractivity contribution in [2.75, 3.05) is 26.4 Å². The Morgan fingerprint density at radius 3 is 2.55 bits per heavy atom. The number of ether oxygens (including phenoxy) is 4. The molecule has 3 heterocycles. The predicted molar refractivity (Wildman–Crippen MR) is 162 cm³/mol. The van der Waals surface area contributed by atoms with Crippen LogP contribution in [0.3, 0.4) is 0 Å². The van der Waals surface area contributed by atoms with E-state index < -0.39 is 17.7 Å². The number of aryl methyl sites for hydroxylation is 1. The number of carbonyl (C=O) groups excluding carboxylic acids is 2. The molecule has 1 atom stereocenters. The van der Waals surface area contributed by atoms with E-state index in [0.717, 1.165) is 5.56 Å². The number of hydrogen-bond acceptors (Lipinski definition) is 8. The van der Waals surface area contributed by atoms with Gasteiger partial charge in [0, 0.05) is 31.0 Å². The molecule has 2 aliphatic heterocycles. The summed E-state index contributed by atoms with van der Waals surface area (Å²) in [7, 11) is 0. The van der Waals surface area contributed by atoms with Crippen molar-refractivity contribution in [3.05, 3.63) is 108 Å². The number of likely N-dealkylation sites (tertiary alicyclic amines) is 1. The van der Waals surface area contributed by atoms with Gasteiger partial charge in [-0.15, -0.1) is 0 Å². The van der Waals surface area contributed by atoms with E-state index in [1.807, 2.05) is 48.0 Å². The molecule has 1 fully saturated rings. The predicted octanol–water partition coefficient (Wildman–Crippen LogP) is 5.14. The van der Waals surface area contributed by atoms with E-state index in [9.17, 15) is 14.7 Å². The number of aliphatic hydroxyl groups is 1. The van der Waals surface area contributed by atoms with E-state index in [4.69, 9.17) is 18.9 Å². The number of imidazole rings is 1. The molecule has 1 amide bonds. The third-order valence-corrected chi connectivity index (χ3v) is 7.55. The van der Waals surface area contributed by atoms with Gasteiger partial charge in [-0.3, -0.25) is 9.59 Å². The molecular weight excluding hydrogens is 562 g/mol. The first-order valence-corrected chi connectivity index (χ1v) is 14.6. The molecule has 0 bridgehead atoms. The van der Waals surface area contributed by atoms with Crippen molar-refractivity contribution in [3.63, 3.8) is 0 Å². The fourth-order valence-electron chi connectivity index (χ4n) is 5.46. The number of aliphatic hydroxyl groups excluding tert-OH is 1. The van der Waals surface area contributed by atoms with E-state index in [1.54, 1.807) is 48.9 Å². The summed E-state index contributed by atoms with van der Waals surface area (Å²) in [5.74, 6) is 0.300. The van der Waals surface area contributed by atoms with Crippen LogP contribution < -0.4 is 18.9 Å². The molecule has 226 valence electrons. The van der Waals surface area contributed by atoms with Crippen LogP contribution in [0.15, 0.2) is 91.0 Å². The van der Waals surface area contributed by atoms with E-state index in [1.165, 1.54) is 4.90 Å². The van der Waals surface area contributed by atoms with E-state index in [0.29, 0.717) is 73.5 Å². The molecule has 1 aromatic heterocycles. The van der Waals surface area contributed by atoms with Gasteiger partial charge in [0.2, 0.25) is 0 Å². The Morgan fingerprint density at radius 2 is 1.77 bits per heavy atom. The largest absolute Gasteiger partial charge is 0.507 e. The molecule has 3 aromatic carbocycles. The first-order valence-electron chi connectivity index (χ1n) is 14.6. The van der Waals surface area contributed by atoms with Crippen LogP contribution in [0.4, 0.5) is 0 Å². The molecule has 2 aliphatic rings. The summed E-state index contributed by atoms with van der Waals surface area (Å²) in [6.45, 7) is 4.28. The van der Waals surface area contributed by atoms with Crippen molar-refractivity contribution < 1.29 is 33.6 Å². The number of hydrogen-bond donors (Lipinski definition) is 1. The van der Waals surface area contributed by atoms with Gasteiger partial charge in [-0.25, -0.2) is 4.98 Å². The lowest BCUT2D eigenvalue weighted by molar-refractivity contribution is -0.139. The van der Waals surface area contributed by atoms with Gasteiger partial charge in [0.05, 0.1) is 24.5 Å². The minimum atomic E-state index is -0.853. The van der Waals surface area contributed by atoms with E-state index >= 15 is 0 Å². The molecule has 0 saturated carbocycles. The topological polar surface area (TPSA) is 112 Å². The zero-order valence-electron chi connectivity index (χ0n) is 24.3. The van der Waals surface area contributed by atoms with Crippen molar-refractivity contribution >= 4 is 17.4 Å². The van der Waals surface area contributed by atoms with Crippen molar-refractivity contribution in [2.45, 2.75) is 32.5 Å². The van der Waals surface area contributed by atoms with Crippen LogP contribution in [-0.4, -0.2) is 57.6 Å². The Morgan fingerprint density at radius 1 is 0.955 bits per heavy atom. The van der Waals surface area contributed by atoms with Crippen LogP contribution >= 0.6 is 0 Å². The number of nitrogens with zero attached hydrogens (tertiary/aromatic N) is 3. The quantitative estimate of drug-likeness (QED) is 0.144. The highest BCUT2D eigenvalue weighted by atomic mass is 16.6. The zero-order valence-corrected chi connectivity index (χ0v) is 24.3. The first kappa shape index (κ1) is 28.9. The second kappa shape index (κ2) is 12.9. The molecule has 0 radical (unpaired) electrons. The lowest BCUT2D eigenvalue weighted by atomic mass is 9.94. The molecule has 1 unspecified atom stereocenters. The summed E-state index contributed by atoms with van der Waals surface area (Å²) in [5, 5.41) is 11.6. The van der Waals surface area contributed by atoms with Gasteiger partial charge in [0.25, 0.3) is 11.7 Å². The number of aromatic nitrogens is 2. The number of fused-ring (bicyclic) bond motifs is 1. The third kappa shape index (κ3) is 5.96. The highest BCUT2D eigenvalue weighted by Gasteiger charge is 2.46. The molecule has 10 nitrogen and oxygen atoms in total. The normalized spacial score (nSPS) is 17.1. The lowest BCUT2D eigenvalue weighted by Crippen LogP contribution is -2.31. The zero-order chi connectivity index (χ0) is 30.5. The molecule has 4 aromatic rings. The van der Waals surface area contributed by atoms with Crippen LogP contribution in [0.2, 0.25) is 0 Å². The summed E-state index contributed by atoms with van der Waals surface area (Å²) in [5.41, 5.74) is 1.96. The SMILES string of the molecule is CCOc1cc(C2/C(=C(\O)c3ccc4c(c3)OCCO4)C(=O)C(=O)N2CCCn2ccnc2)ccc1OCc1ccccc1. The Kier molecular flexibility index (Phi) is 8.49. The molecule has 44 heavy (non-hydrogen) atoms.